The fraction of sp³-hybridized carbons (Fsp3) is 0.889. The van der Waals surface area contributed by atoms with Crippen LogP contribution in [0.4, 0.5) is 0 Å². The molecule has 96 valence electrons. The zero-order valence-electron chi connectivity index (χ0n) is 10.1. The van der Waals surface area contributed by atoms with Crippen LogP contribution in [0.5, 0.6) is 0 Å². The Morgan fingerprint density at radius 2 is 1.94 bits per heavy atom. The first-order valence-corrected chi connectivity index (χ1v) is 6.61. The van der Waals surface area contributed by atoms with Gasteiger partial charge in [-0.15, -0.1) is 0 Å². The summed E-state index contributed by atoms with van der Waals surface area (Å²) >= 11 is 0. The maximum atomic E-state index is 11.6. The van der Waals surface area contributed by atoms with Crippen LogP contribution in [0.1, 0.15) is 27.2 Å². The van der Waals surface area contributed by atoms with Crippen LogP contribution in [-0.4, -0.2) is 43.4 Å². The van der Waals surface area contributed by atoms with Crippen molar-refractivity contribution in [3.63, 3.8) is 0 Å². The molecule has 0 amide bonds. The van der Waals surface area contributed by atoms with Crippen molar-refractivity contribution in [3.05, 3.63) is 0 Å². The van der Waals surface area contributed by atoms with Crippen molar-refractivity contribution in [1.82, 2.24) is 9.03 Å². The lowest BCUT2D eigenvalue weighted by Crippen LogP contribution is -2.44. The lowest BCUT2D eigenvalue weighted by molar-refractivity contribution is -0.141. The molecule has 0 saturated heterocycles. The molecule has 0 radical (unpaired) electrons. The van der Waals surface area contributed by atoms with E-state index in [0.717, 1.165) is 0 Å². The predicted molar refractivity (Wildman–Crippen MR) is 61.2 cm³/mol. The second kappa shape index (κ2) is 6.17. The van der Waals surface area contributed by atoms with Gasteiger partial charge >= 0.3 is 5.97 Å². The van der Waals surface area contributed by atoms with E-state index in [4.69, 9.17) is 5.11 Å². The van der Waals surface area contributed by atoms with Crippen LogP contribution < -0.4 is 4.72 Å². The SMILES string of the molecule is CCC(CNS(=O)(=O)N(C)C(C)C)C(=O)O. The van der Waals surface area contributed by atoms with Crippen molar-refractivity contribution in [2.45, 2.75) is 33.2 Å². The molecule has 0 aromatic heterocycles. The van der Waals surface area contributed by atoms with Gasteiger partial charge in [-0.05, 0) is 20.3 Å². The van der Waals surface area contributed by atoms with Crippen molar-refractivity contribution >= 4 is 16.2 Å². The summed E-state index contributed by atoms with van der Waals surface area (Å²) in [5, 5.41) is 8.77. The number of carboxylic acid groups (broad SMARTS) is 1. The molecule has 0 saturated carbocycles. The van der Waals surface area contributed by atoms with Crippen molar-refractivity contribution < 1.29 is 18.3 Å². The van der Waals surface area contributed by atoms with Gasteiger partial charge in [0.05, 0.1) is 5.92 Å². The Labute approximate surface area is 96.8 Å². The molecule has 0 spiro atoms. The van der Waals surface area contributed by atoms with E-state index in [2.05, 4.69) is 4.72 Å². The second-order valence-corrected chi connectivity index (χ2v) is 5.72. The van der Waals surface area contributed by atoms with E-state index < -0.39 is 22.1 Å². The Hall–Kier alpha value is -0.660. The average molecular weight is 252 g/mol. The molecule has 0 aromatic carbocycles. The van der Waals surface area contributed by atoms with Gasteiger partial charge in [0, 0.05) is 19.6 Å². The van der Waals surface area contributed by atoms with E-state index in [1.807, 2.05) is 0 Å². The third-order valence-corrected chi connectivity index (χ3v) is 4.17. The molecule has 0 aromatic rings. The van der Waals surface area contributed by atoms with Gasteiger partial charge in [-0.1, -0.05) is 6.92 Å². The van der Waals surface area contributed by atoms with E-state index in [-0.39, 0.29) is 12.6 Å². The maximum Gasteiger partial charge on any atom is 0.307 e. The number of nitrogens with one attached hydrogen (secondary N) is 1. The van der Waals surface area contributed by atoms with Gasteiger partial charge in [-0.2, -0.15) is 12.7 Å². The number of nitrogens with zero attached hydrogens (tertiary/aromatic N) is 1. The molecular formula is C9H20N2O4S. The van der Waals surface area contributed by atoms with Gasteiger partial charge in [-0.25, -0.2) is 4.72 Å². The lowest BCUT2D eigenvalue weighted by Gasteiger charge is -2.22. The first-order chi connectivity index (χ1) is 7.22. The minimum Gasteiger partial charge on any atom is -0.481 e. The van der Waals surface area contributed by atoms with Crippen LogP contribution in [0.2, 0.25) is 0 Å². The molecular weight excluding hydrogens is 232 g/mol. The molecule has 0 fully saturated rings. The van der Waals surface area contributed by atoms with Gasteiger partial charge in [0.25, 0.3) is 10.2 Å². The summed E-state index contributed by atoms with van der Waals surface area (Å²) in [6.07, 6.45) is 0.392. The molecule has 0 aliphatic heterocycles. The van der Waals surface area contributed by atoms with E-state index in [0.29, 0.717) is 6.42 Å². The quantitative estimate of drug-likeness (QED) is 0.681. The molecule has 16 heavy (non-hydrogen) atoms. The smallest absolute Gasteiger partial charge is 0.307 e. The van der Waals surface area contributed by atoms with Gasteiger partial charge in [-0.3, -0.25) is 4.79 Å². The Kier molecular flexibility index (Phi) is 5.91. The van der Waals surface area contributed by atoms with Gasteiger partial charge in [0.15, 0.2) is 0 Å². The normalized spacial score (nSPS) is 14.4. The second-order valence-electron chi connectivity index (χ2n) is 3.91. The van der Waals surface area contributed by atoms with Crippen molar-refractivity contribution in [1.29, 1.82) is 0 Å². The van der Waals surface area contributed by atoms with Crippen LogP contribution in [0.3, 0.4) is 0 Å². The highest BCUT2D eigenvalue weighted by Gasteiger charge is 2.23. The number of hydrogen-bond acceptors (Lipinski definition) is 3. The number of rotatable bonds is 7. The largest absolute Gasteiger partial charge is 0.481 e. The van der Waals surface area contributed by atoms with Gasteiger partial charge in [0.1, 0.15) is 0 Å². The summed E-state index contributed by atoms with van der Waals surface area (Å²) < 4.78 is 26.7. The minimum absolute atomic E-state index is 0.0781. The molecule has 0 heterocycles. The van der Waals surface area contributed by atoms with Gasteiger partial charge in [0.2, 0.25) is 0 Å². The van der Waals surface area contributed by atoms with E-state index in [1.165, 1.54) is 11.4 Å². The lowest BCUT2D eigenvalue weighted by atomic mass is 10.1. The van der Waals surface area contributed by atoms with Gasteiger partial charge < -0.3 is 5.11 Å². The van der Waals surface area contributed by atoms with Crippen molar-refractivity contribution in [2.24, 2.45) is 5.92 Å². The third kappa shape index (κ3) is 4.46. The zero-order valence-corrected chi connectivity index (χ0v) is 10.9. The summed E-state index contributed by atoms with van der Waals surface area (Å²) in [7, 11) is -2.13. The van der Waals surface area contributed by atoms with Crippen LogP contribution in [0.15, 0.2) is 0 Å². The maximum absolute atomic E-state index is 11.6. The van der Waals surface area contributed by atoms with E-state index in [1.54, 1.807) is 20.8 Å². The first-order valence-electron chi connectivity index (χ1n) is 5.17. The Morgan fingerprint density at radius 3 is 2.25 bits per heavy atom. The highest BCUT2D eigenvalue weighted by Crippen LogP contribution is 2.04. The monoisotopic (exact) mass is 252 g/mol. The summed E-state index contributed by atoms with van der Waals surface area (Å²) in [6.45, 7) is 5.12. The highest BCUT2D eigenvalue weighted by atomic mass is 32.2. The molecule has 2 N–H and O–H groups in total. The van der Waals surface area contributed by atoms with Crippen LogP contribution in [0.25, 0.3) is 0 Å². The number of aliphatic carboxylic acids is 1. The Balaban J connectivity index is 4.45. The Bertz CT molecular complexity index is 326. The molecule has 1 atom stereocenters. The summed E-state index contributed by atoms with van der Waals surface area (Å²) in [4.78, 5) is 10.7. The number of carboxylic acids is 1. The highest BCUT2D eigenvalue weighted by molar-refractivity contribution is 7.87. The predicted octanol–water partition coefficient (Wildman–Crippen LogP) is 0.272. The molecule has 0 bridgehead atoms. The third-order valence-electron chi connectivity index (χ3n) is 2.46. The van der Waals surface area contributed by atoms with E-state index in [9.17, 15) is 13.2 Å². The first kappa shape index (κ1) is 15.3. The fourth-order valence-electron chi connectivity index (χ4n) is 0.992. The zero-order chi connectivity index (χ0) is 12.9. The van der Waals surface area contributed by atoms with Crippen molar-refractivity contribution in [3.8, 4) is 0 Å². The minimum atomic E-state index is -3.58. The summed E-state index contributed by atoms with van der Waals surface area (Å²) in [5.74, 6) is -1.67. The molecule has 1 unspecified atom stereocenters. The van der Waals surface area contributed by atoms with Crippen LogP contribution in [-0.2, 0) is 15.0 Å². The standard InChI is InChI=1S/C9H20N2O4S/c1-5-8(9(12)13)6-10-16(14,15)11(4)7(2)3/h7-8,10H,5-6H2,1-4H3,(H,12,13). The fourth-order valence-corrected chi connectivity index (χ4v) is 2.16. The molecule has 6 nitrogen and oxygen atoms in total. The summed E-state index contributed by atoms with van der Waals surface area (Å²) in [6, 6.07) is -0.164. The number of hydrogen-bond donors (Lipinski definition) is 2. The molecule has 0 aliphatic carbocycles. The molecule has 7 heteroatoms. The van der Waals surface area contributed by atoms with E-state index >= 15 is 0 Å². The topological polar surface area (TPSA) is 86.7 Å². The molecule has 0 aliphatic rings. The van der Waals surface area contributed by atoms with Crippen molar-refractivity contribution in [2.75, 3.05) is 13.6 Å². The molecule has 0 rings (SSSR count). The van der Waals surface area contributed by atoms with Crippen LogP contribution >= 0.6 is 0 Å². The van der Waals surface area contributed by atoms with Crippen LogP contribution in [0, 0.1) is 5.92 Å². The summed E-state index contributed by atoms with van der Waals surface area (Å²) in [5.41, 5.74) is 0. The Morgan fingerprint density at radius 1 is 1.44 bits per heavy atom. The average Bonchev–Trinajstić information content (AvgIpc) is 2.16. The number of carbonyl (C=O) groups is 1.